The summed E-state index contributed by atoms with van der Waals surface area (Å²) < 4.78 is 5.70. The number of rotatable bonds is 1. The van der Waals surface area contributed by atoms with Gasteiger partial charge in [-0.2, -0.15) is 0 Å². The SMILES string of the molecule is O=C(c1cc(Cl)nc(Cl)c1)N1CC2CCC(C1)O2. The number of carbonyl (C=O) groups is 1. The third kappa shape index (κ3) is 2.32. The van der Waals surface area contributed by atoms with Crippen LogP contribution in [-0.4, -0.2) is 41.1 Å². The third-order valence-electron chi connectivity index (χ3n) is 3.34. The van der Waals surface area contributed by atoms with Gasteiger partial charge in [-0.25, -0.2) is 4.98 Å². The number of amides is 1. The molecular formula is C12H12Cl2N2O2. The molecule has 2 fully saturated rings. The van der Waals surface area contributed by atoms with Crippen LogP contribution >= 0.6 is 23.2 Å². The zero-order valence-corrected chi connectivity index (χ0v) is 11.1. The number of morpholine rings is 1. The Hall–Kier alpha value is -0.840. The Morgan fingerprint density at radius 3 is 2.33 bits per heavy atom. The number of fused-ring (bicyclic) bond motifs is 2. The second kappa shape index (κ2) is 4.68. The van der Waals surface area contributed by atoms with Gasteiger partial charge in [0.15, 0.2) is 0 Å². The Balaban J connectivity index is 1.81. The first-order valence-corrected chi connectivity index (χ1v) is 6.65. The van der Waals surface area contributed by atoms with Crippen molar-refractivity contribution in [3.8, 4) is 0 Å². The lowest BCUT2D eigenvalue weighted by Gasteiger charge is -2.32. The highest BCUT2D eigenvalue weighted by Crippen LogP contribution is 2.27. The summed E-state index contributed by atoms with van der Waals surface area (Å²) in [5.74, 6) is -0.0543. The van der Waals surface area contributed by atoms with Crippen molar-refractivity contribution in [2.45, 2.75) is 25.0 Å². The van der Waals surface area contributed by atoms with Gasteiger partial charge in [-0.05, 0) is 25.0 Å². The Morgan fingerprint density at radius 1 is 1.22 bits per heavy atom. The van der Waals surface area contributed by atoms with Crippen LogP contribution in [0.3, 0.4) is 0 Å². The highest BCUT2D eigenvalue weighted by atomic mass is 35.5. The number of pyridine rings is 1. The molecule has 2 saturated heterocycles. The molecule has 18 heavy (non-hydrogen) atoms. The number of carbonyl (C=O) groups excluding carboxylic acids is 1. The summed E-state index contributed by atoms with van der Waals surface area (Å²) in [7, 11) is 0. The van der Waals surface area contributed by atoms with E-state index in [4.69, 9.17) is 27.9 Å². The molecular weight excluding hydrogens is 275 g/mol. The molecule has 96 valence electrons. The van der Waals surface area contributed by atoms with Crippen LogP contribution in [0.5, 0.6) is 0 Å². The molecule has 0 spiro atoms. The molecule has 0 radical (unpaired) electrons. The van der Waals surface area contributed by atoms with E-state index in [0.29, 0.717) is 18.7 Å². The van der Waals surface area contributed by atoms with Crippen LogP contribution in [0.2, 0.25) is 10.3 Å². The van der Waals surface area contributed by atoms with Crippen LogP contribution in [0.4, 0.5) is 0 Å². The lowest BCUT2D eigenvalue weighted by atomic mass is 10.2. The second-order valence-corrected chi connectivity index (χ2v) is 5.44. The maximum atomic E-state index is 12.3. The minimum absolute atomic E-state index is 0.0543. The molecule has 6 heteroatoms. The Morgan fingerprint density at radius 2 is 1.78 bits per heavy atom. The molecule has 3 rings (SSSR count). The molecule has 2 bridgehead atoms. The number of likely N-dealkylation sites (tertiary alicyclic amines) is 1. The van der Waals surface area contributed by atoms with Gasteiger partial charge in [0.1, 0.15) is 10.3 Å². The average molecular weight is 287 g/mol. The van der Waals surface area contributed by atoms with E-state index < -0.39 is 0 Å². The van der Waals surface area contributed by atoms with Gasteiger partial charge in [0, 0.05) is 18.7 Å². The Kier molecular flexibility index (Phi) is 3.18. The number of hydrogen-bond acceptors (Lipinski definition) is 3. The summed E-state index contributed by atoms with van der Waals surface area (Å²) in [6.07, 6.45) is 2.43. The summed E-state index contributed by atoms with van der Waals surface area (Å²) in [5.41, 5.74) is 0.487. The molecule has 1 amide bonds. The number of ether oxygens (including phenoxy) is 1. The fourth-order valence-electron chi connectivity index (χ4n) is 2.55. The lowest BCUT2D eigenvalue weighted by Crippen LogP contribution is -2.45. The van der Waals surface area contributed by atoms with Crippen LogP contribution in [0, 0.1) is 0 Å². The van der Waals surface area contributed by atoms with Crippen molar-refractivity contribution >= 4 is 29.1 Å². The molecule has 1 aromatic heterocycles. The lowest BCUT2D eigenvalue weighted by molar-refractivity contribution is -0.0303. The highest BCUT2D eigenvalue weighted by molar-refractivity contribution is 6.33. The highest BCUT2D eigenvalue weighted by Gasteiger charge is 2.36. The van der Waals surface area contributed by atoms with Crippen molar-refractivity contribution in [2.24, 2.45) is 0 Å². The van der Waals surface area contributed by atoms with Gasteiger partial charge < -0.3 is 9.64 Å². The van der Waals surface area contributed by atoms with Gasteiger partial charge in [0.25, 0.3) is 5.91 Å². The van der Waals surface area contributed by atoms with Crippen LogP contribution < -0.4 is 0 Å². The average Bonchev–Trinajstić information content (AvgIpc) is 2.66. The fraction of sp³-hybridized carbons (Fsp3) is 0.500. The smallest absolute Gasteiger partial charge is 0.254 e. The number of halogens is 2. The monoisotopic (exact) mass is 286 g/mol. The first-order valence-electron chi connectivity index (χ1n) is 5.89. The zero-order valence-electron chi connectivity index (χ0n) is 9.60. The predicted molar refractivity (Wildman–Crippen MR) is 68.1 cm³/mol. The Bertz CT molecular complexity index is 463. The Labute approximate surface area is 115 Å². The second-order valence-electron chi connectivity index (χ2n) is 4.67. The van der Waals surface area contributed by atoms with E-state index in [-0.39, 0.29) is 28.4 Å². The van der Waals surface area contributed by atoms with Gasteiger partial charge in [-0.3, -0.25) is 4.79 Å². The molecule has 1 aromatic rings. The topological polar surface area (TPSA) is 42.4 Å². The van der Waals surface area contributed by atoms with Crippen LogP contribution in [0.1, 0.15) is 23.2 Å². The minimum Gasteiger partial charge on any atom is -0.371 e. The first kappa shape index (κ1) is 12.2. The van der Waals surface area contributed by atoms with Crippen molar-refractivity contribution < 1.29 is 9.53 Å². The molecule has 2 atom stereocenters. The molecule has 2 aliphatic heterocycles. The van der Waals surface area contributed by atoms with Gasteiger partial charge in [-0.1, -0.05) is 23.2 Å². The van der Waals surface area contributed by atoms with Gasteiger partial charge in [0.2, 0.25) is 0 Å². The molecule has 4 nitrogen and oxygen atoms in total. The van der Waals surface area contributed by atoms with Crippen LogP contribution in [-0.2, 0) is 4.74 Å². The van der Waals surface area contributed by atoms with Gasteiger partial charge in [0.05, 0.1) is 12.2 Å². The maximum Gasteiger partial charge on any atom is 0.254 e. The van der Waals surface area contributed by atoms with E-state index in [2.05, 4.69) is 4.98 Å². The van der Waals surface area contributed by atoms with Crippen molar-refractivity contribution in [2.75, 3.05) is 13.1 Å². The molecule has 0 aliphatic carbocycles. The summed E-state index contributed by atoms with van der Waals surface area (Å²) in [6.45, 7) is 1.29. The van der Waals surface area contributed by atoms with E-state index in [9.17, 15) is 4.79 Å². The number of aromatic nitrogens is 1. The van der Waals surface area contributed by atoms with E-state index in [1.165, 1.54) is 0 Å². The largest absolute Gasteiger partial charge is 0.371 e. The van der Waals surface area contributed by atoms with Crippen molar-refractivity contribution in [1.29, 1.82) is 0 Å². The van der Waals surface area contributed by atoms with E-state index in [1.54, 1.807) is 12.1 Å². The molecule has 0 aromatic carbocycles. The van der Waals surface area contributed by atoms with Crippen LogP contribution in [0.15, 0.2) is 12.1 Å². The minimum atomic E-state index is -0.0543. The molecule has 0 N–H and O–H groups in total. The fourth-order valence-corrected chi connectivity index (χ4v) is 3.01. The van der Waals surface area contributed by atoms with Crippen molar-refractivity contribution in [3.63, 3.8) is 0 Å². The quantitative estimate of drug-likeness (QED) is 0.745. The zero-order chi connectivity index (χ0) is 12.7. The molecule has 2 aliphatic rings. The summed E-state index contributed by atoms with van der Waals surface area (Å²) in [5, 5.41) is 0.476. The van der Waals surface area contributed by atoms with Gasteiger partial charge >= 0.3 is 0 Å². The van der Waals surface area contributed by atoms with Gasteiger partial charge in [-0.15, -0.1) is 0 Å². The molecule has 3 heterocycles. The summed E-state index contributed by atoms with van der Waals surface area (Å²) >= 11 is 11.6. The third-order valence-corrected chi connectivity index (χ3v) is 3.73. The van der Waals surface area contributed by atoms with E-state index in [0.717, 1.165) is 12.8 Å². The van der Waals surface area contributed by atoms with Crippen molar-refractivity contribution in [1.82, 2.24) is 9.88 Å². The summed E-state index contributed by atoms with van der Waals surface area (Å²) in [6, 6.07) is 3.10. The standard InChI is InChI=1S/C12H12Cl2N2O2/c13-10-3-7(4-11(14)15-10)12(17)16-5-8-1-2-9(6-16)18-8/h3-4,8-9H,1-2,5-6H2. The van der Waals surface area contributed by atoms with Crippen LogP contribution in [0.25, 0.3) is 0 Å². The van der Waals surface area contributed by atoms with E-state index >= 15 is 0 Å². The maximum absolute atomic E-state index is 12.3. The number of nitrogens with zero attached hydrogens (tertiary/aromatic N) is 2. The van der Waals surface area contributed by atoms with E-state index in [1.807, 2.05) is 4.90 Å². The number of hydrogen-bond donors (Lipinski definition) is 0. The molecule has 0 saturated carbocycles. The summed E-state index contributed by atoms with van der Waals surface area (Å²) in [4.78, 5) is 18.0. The van der Waals surface area contributed by atoms with Crippen molar-refractivity contribution in [3.05, 3.63) is 28.0 Å². The normalized spacial score (nSPS) is 26.4. The predicted octanol–water partition coefficient (Wildman–Crippen LogP) is 2.39. The molecule has 2 unspecified atom stereocenters. The first-order chi connectivity index (χ1) is 8.61.